The van der Waals surface area contributed by atoms with Crippen LogP contribution in [0.15, 0.2) is 28.9 Å². The van der Waals surface area contributed by atoms with Crippen LogP contribution >= 0.6 is 0 Å². The summed E-state index contributed by atoms with van der Waals surface area (Å²) < 4.78 is 5.17. The lowest BCUT2D eigenvalue weighted by Gasteiger charge is -2.14. The molecule has 0 aromatic carbocycles. The summed E-state index contributed by atoms with van der Waals surface area (Å²) in [4.78, 5) is 20.4. The van der Waals surface area contributed by atoms with Crippen LogP contribution in [0.3, 0.4) is 0 Å². The maximum atomic E-state index is 11.9. The van der Waals surface area contributed by atoms with E-state index in [1.165, 1.54) is 0 Å². The summed E-state index contributed by atoms with van der Waals surface area (Å²) in [5, 5.41) is 6.90. The van der Waals surface area contributed by atoms with Crippen molar-refractivity contribution < 1.29 is 9.32 Å². The van der Waals surface area contributed by atoms with E-state index in [-0.39, 0.29) is 11.9 Å². The second-order valence-electron chi connectivity index (χ2n) is 6.17. The highest BCUT2D eigenvalue weighted by Crippen LogP contribution is 2.13. The van der Waals surface area contributed by atoms with E-state index in [1.54, 1.807) is 6.20 Å². The van der Waals surface area contributed by atoms with Gasteiger partial charge in [0, 0.05) is 25.1 Å². The first-order valence-corrected chi connectivity index (χ1v) is 8.08. The fraction of sp³-hybridized carbons (Fsp3) is 0.529. The lowest BCUT2D eigenvalue weighted by atomic mass is 10.0. The molecule has 2 aromatic heterocycles. The fourth-order valence-electron chi connectivity index (χ4n) is 2.18. The number of nitrogens with zero attached hydrogens (tertiary/aromatic N) is 3. The fourth-order valence-corrected chi connectivity index (χ4v) is 2.18. The first-order valence-electron chi connectivity index (χ1n) is 8.08. The van der Waals surface area contributed by atoms with E-state index >= 15 is 0 Å². The molecule has 0 saturated carbocycles. The minimum atomic E-state index is 0.0128. The SMILES string of the molecule is CC(C)CCC(C)NC(=O)CCc1nc(-c2ccccn2)no1. The average molecular weight is 316 g/mol. The van der Waals surface area contributed by atoms with Crippen molar-refractivity contribution in [1.82, 2.24) is 20.4 Å². The highest BCUT2D eigenvalue weighted by molar-refractivity contribution is 5.76. The Balaban J connectivity index is 1.78. The van der Waals surface area contributed by atoms with Gasteiger partial charge in [-0.05, 0) is 37.8 Å². The predicted molar refractivity (Wildman–Crippen MR) is 87.5 cm³/mol. The minimum absolute atomic E-state index is 0.0128. The van der Waals surface area contributed by atoms with E-state index < -0.39 is 0 Å². The molecule has 0 radical (unpaired) electrons. The first-order chi connectivity index (χ1) is 11.0. The molecule has 2 rings (SSSR count). The Morgan fingerprint density at radius 2 is 2.09 bits per heavy atom. The van der Waals surface area contributed by atoms with Crippen molar-refractivity contribution in [2.24, 2.45) is 5.92 Å². The quantitative estimate of drug-likeness (QED) is 0.809. The number of aromatic nitrogens is 3. The third kappa shape index (κ3) is 5.81. The Kier molecular flexibility index (Phi) is 6.26. The van der Waals surface area contributed by atoms with Crippen LogP contribution in [0.1, 0.15) is 45.9 Å². The van der Waals surface area contributed by atoms with Crippen molar-refractivity contribution >= 4 is 5.91 Å². The van der Waals surface area contributed by atoms with Crippen LogP contribution in [0.25, 0.3) is 11.5 Å². The highest BCUT2D eigenvalue weighted by Gasteiger charge is 2.12. The zero-order chi connectivity index (χ0) is 16.7. The third-order valence-corrected chi connectivity index (χ3v) is 3.51. The van der Waals surface area contributed by atoms with E-state index in [4.69, 9.17) is 4.52 Å². The highest BCUT2D eigenvalue weighted by atomic mass is 16.5. The van der Waals surface area contributed by atoms with Gasteiger partial charge in [-0.25, -0.2) is 0 Å². The zero-order valence-electron chi connectivity index (χ0n) is 14.0. The number of amides is 1. The van der Waals surface area contributed by atoms with Crippen LogP contribution in [0.5, 0.6) is 0 Å². The van der Waals surface area contributed by atoms with Gasteiger partial charge in [0.1, 0.15) is 5.69 Å². The standard InChI is InChI=1S/C17H24N4O2/c1-12(2)7-8-13(3)19-15(22)9-10-16-20-17(21-23-16)14-6-4-5-11-18-14/h4-6,11-13H,7-10H2,1-3H3,(H,19,22). The molecule has 0 bridgehead atoms. The molecule has 6 nitrogen and oxygen atoms in total. The molecule has 2 aromatic rings. The number of carbonyl (C=O) groups is 1. The molecule has 124 valence electrons. The summed E-state index contributed by atoms with van der Waals surface area (Å²) in [6.45, 7) is 6.40. The number of nitrogens with one attached hydrogen (secondary N) is 1. The number of carbonyl (C=O) groups excluding carboxylic acids is 1. The minimum Gasteiger partial charge on any atom is -0.354 e. The molecule has 23 heavy (non-hydrogen) atoms. The molecule has 1 atom stereocenters. The van der Waals surface area contributed by atoms with Crippen LogP contribution in [-0.4, -0.2) is 27.1 Å². The Morgan fingerprint density at radius 1 is 1.26 bits per heavy atom. The molecule has 0 fully saturated rings. The molecule has 1 unspecified atom stereocenters. The van der Waals surface area contributed by atoms with E-state index in [0.717, 1.165) is 12.8 Å². The number of rotatable bonds is 8. The van der Waals surface area contributed by atoms with Crippen molar-refractivity contribution in [3.05, 3.63) is 30.3 Å². The first kappa shape index (κ1) is 17.1. The molecular formula is C17H24N4O2. The van der Waals surface area contributed by atoms with E-state index in [9.17, 15) is 4.79 Å². The Morgan fingerprint density at radius 3 is 2.78 bits per heavy atom. The number of aryl methyl sites for hydroxylation is 1. The average Bonchev–Trinajstić information content (AvgIpc) is 3.01. The monoisotopic (exact) mass is 316 g/mol. The predicted octanol–water partition coefficient (Wildman–Crippen LogP) is 3.01. The van der Waals surface area contributed by atoms with Gasteiger partial charge in [0.25, 0.3) is 0 Å². The van der Waals surface area contributed by atoms with E-state index in [1.807, 2.05) is 25.1 Å². The molecule has 0 aliphatic carbocycles. The van der Waals surface area contributed by atoms with Gasteiger partial charge in [-0.15, -0.1) is 0 Å². The summed E-state index contributed by atoms with van der Waals surface area (Å²) in [5.74, 6) is 1.57. The van der Waals surface area contributed by atoms with Gasteiger partial charge in [-0.3, -0.25) is 9.78 Å². The van der Waals surface area contributed by atoms with Crippen molar-refractivity contribution in [1.29, 1.82) is 0 Å². The molecule has 0 aliphatic rings. The van der Waals surface area contributed by atoms with Crippen molar-refractivity contribution in [3.63, 3.8) is 0 Å². The van der Waals surface area contributed by atoms with Crippen LogP contribution in [0.4, 0.5) is 0 Å². The van der Waals surface area contributed by atoms with Crippen molar-refractivity contribution in [3.8, 4) is 11.5 Å². The van der Waals surface area contributed by atoms with Gasteiger partial charge in [0.15, 0.2) is 0 Å². The molecule has 6 heteroatoms. The van der Waals surface area contributed by atoms with Crippen molar-refractivity contribution in [2.45, 2.75) is 52.5 Å². The number of pyridine rings is 1. The van der Waals surface area contributed by atoms with Gasteiger partial charge < -0.3 is 9.84 Å². The summed E-state index contributed by atoms with van der Waals surface area (Å²) >= 11 is 0. The summed E-state index contributed by atoms with van der Waals surface area (Å²) in [6, 6.07) is 5.70. The zero-order valence-corrected chi connectivity index (χ0v) is 14.0. The molecular weight excluding hydrogens is 292 g/mol. The largest absolute Gasteiger partial charge is 0.354 e. The summed E-state index contributed by atoms with van der Waals surface area (Å²) in [7, 11) is 0. The number of hydrogen-bond donors (Lipinski definition) is 1. The van der Waals surface area contributed by atoms with Gasteiger partial charge in [0.05, 0.1) is 0 Å². The summed E-state index contributed by atoms with van der Waals surface area (Å²) in [6.07, 6.45) is 4.56. The van der Waals surface area contributed by atoms with E-state index in [0.29, 0.717) is 36.2 Å². The topological polar surface area (TPSA) is 80.9 Å². The summed E-state index contributed by atoms with van der Waals surface area (Å²) in [5.41, 5.74) is 0.661. The normalized spacial score (nSPS) is 12.3. The van der Waals surface area contributed by atoms with Gasteiger partial charge >= 0.3 is 0 Å². The lowest BCUT2D eigenvalue weighted by Crippen LogP contribution is -2.32. The molecule has 0 saturated heterocycles. The molecule has 0 spiro atoms. The Hall–Kier alpha value is -2.24. The maximum Gasteiger partial charge on any atom is 0.227 e. The van der Waals surface area contributed by atoms with E-state index in [2.05, 4.69) is 34.3 Å². The van der Waals surface area contributed by atoms with Crippen LogP contribution in [0.2, 0.25) is 0 Å². The van der Waals surface area contributed by atoms with Crippen LogP contribution in [-0.2, 0) is 11.2 Å². The molecule has 1 amide bonds. The second kappa shape index (κ2) is 8.41. The van der Waals surface area contributed by atoms with Gasteiger partial charge in [-0.1, -0.05) is 25.1 Å². The Bertz CT molecular complexity index is 610. The Labute approximate surface area is 136 Å². The van der Waals surface area contributed by atoms with Gasteiger partial charge in [0.2, 0.25) is 17.6 Å². The second-order valence-corrected chi connectivity index (χ2v) is 6.17. The van der Waals surface area contributed by atoms with Crippen LogP contribution in [0, 0.1) is 5.92 Å². The molecule has 0 aliphatic heterocycles. The number of hydrogen-bond acceptors (Lipinski definition) is 5. The third-order valence-electron chi connectivity index (χ3n) is 3.51. The smallest absolute Gasteiger partial charge is 0.227 e. The van der Waals surface area contributed by atoms with Gasteiger partial charge in [-0.2, -0.15) is 4.98 Å². The lowest BCUT2D eigenvalue weighted by molar-refractivity contribution is -0.121. The van der Waals surface area contributed by atoms with Crippen molar-refractivity contribution in [2.75, 3.05) is 0 Å². The molecule has 2 heterocycles. The maximum absolute atomic E-state index is 11.9. The molecule has 1 N–H and O–H groups in total. The van der Waals surface area contributed by atoms with Crippen LogP contribution < -0.4 is 5.32 Å².